The van der Waals surface area contributed by atoms with Crippen LogP contribution < -0.4 is 24.4 Å². The van der Waals surface area contributed by atoms with Crippen LogP contribution in [0, 0.1) is 0 Å². The van der Waals surface area contributed by atoms with Crippen molar-refractivity contribution in [1.29, 1.82) is 0 Å². The van der Waals surface area contributed by atoms with Gasteiger partial charge in [0.2, 0.25) is 5.91 Å². The summed E-state index contributed by atoms with van der Waals surface area (Å²) in [7, 11) is 4.89. The number of carbonyl (C=O) groups excluding carboxylic acids is 1. The van der Waals surface area contributed by atoms with Crippen molar-refractivity contribution < 1.29 is 19.0 Å². The Morgan fingerprint density at radius 1 is 0.929 bits per heavy atom. The smallest absolute Gasteiger partial charge is 0.241 e. The Bertz CT molecular complexity index is 804. The molecule has 1 N–H and O–H groups in total. The first-order valence-corrected chi connectivity index (χ1v) is 9.28. The van der Waals surface area contributed by atoms with Crippen LogP contribution in [0.5, 0.6) is 17.2 Å². The maximum atomic E-state index is 12.6. The SMILES string of the molecule is COc1ccc(OC)c(NCC(=O)N2CCN(c3ccccc3OC)CC2)c1. The summed E-state index contributed by atoms with van der Waals surface area (Å²) >= 11 is 0. The number of ether oxygens (including phenoxy) is 3. The summed E-state index contributed by atoms with van der Waals surface area (Å²) in [5.41, 5.74) is 1.80. The summed E-state index contributed by atoms with van der Waals surface area (Å²) in [5, 5.41) is 3.17. The molecule has 0 aliphatic carbocycles. The van der Waals surface area contributed by atoms with E-state index in [0.717, 1.165) is 30.2 Å². The van der Waals surface area contributed by atoms with Gasteiger partial charge in [-0.3, -0.25) is 4.79 Å². The van der Waals surface area contributed by atoms with E-state index in [1.807, 2.05) is 47.4 Å². The largest absolute Gasteiger partial charge is 0.497 e. The van der Waals surface area contributed by atoms with Gasteiger partial charge in [-0.05, 0) is 24.3 Å². The van der Waals surface area contributed by atoms with Gasteiger partial charge < -0.3 is 29.3 Å². The number of nitrogens with zero attached hydrogens (tertiary/aromatic N) is 2. The average Bonchev–Trinajstić information content (AvgIpc) is 2.77. The molecule has 0 bridgehead atoms. The normalized spacial score (nSPS) is 13.8. The zero-order valence-corrected chi connectivity index (χ0v) is 16.6. The summed E-state index contributed by atoms with van der Waals surface area (Å²) in [6.45, 7) is 3.10. The maximum Gasteiger partial charge on any atom is 0.241 e. The number of hydrogen-bond acceptors (Lipinski definition) is 6. The van der Waals surface area contributed by atoms with Crippen molar-refractivity contribution in [3.63, 3.8) is 0 Å². The van der Waals surface area contributed by atoms with Crippen LogP contribution in [-0.2, 0) is 4.79 Å². The summed E-state index contributed by atoms with van der Waals surface area (Å²) in [5.74, 6) is 2.30. The molecule has 3 rings (SSSR count). The van der Waals surface area contributed by atoms with Crippen molar-refractivity contribution in [1.82, 2.24) is 4.90 Å². The van der Waals surface area contributed by atoms with E-state index in [-0.39, 0.29) is 12.5 Å². The third-order valence-electron chi connectivity index (χ3n) is 4.89. The molecule has 2 aromatic carbocycles. The van der Waals surface area contributed by atoms with E-state index in [1.54, 1.807) is 21.3 Å². The molecule has 0 radical (unpaired) electrons. The fourth-order valence-corrected chi connectivity index (χ4v) is 3.32. The van der Waals surface area contributed by atoms with E-state index in [2.05, 4.69) is 10.2 Å². The summed E-state index contributed by atoms with van der Waals surface area (Å²) in [6.07, 6.45) is 0. The molecule has 7 heteroatoms. The van der Waals surface area contributed by atoms with E-state index in [9.17, 15) is 4.79 Å². The molecule has 1 fully saturated rings. The Morgan fingerprint density at radius 2 is 1.64 bits per heavy atom. The van der Waals surface area contributed by atoms with Crippen LogP contribution in [0.1, 0.15) is 0 Å². The lowest BCUT2D eigenvalue weighted by Gasteiger charge is -2.36. The summed E-state index contributed by atoms with van der Waals surface area (Å²) in [6, 6.07) is 13.4. The van der Waals surface area contributed by atoms with E-state index >= 15 is 0 Å². The molecule has 2 aromatic rings. The Kier molecular flexibility index (Phi) is 6.47. The monoisotopic (exact) mass is 385 g/mol. The molecular formula is C21H27N3O4. The summed E-state index contributed by atoms with van der Waals surface area (Å²) in [4.78, 5) is 16.8. The highest BCUT2D eigenvalue weighted by molar-refractivity contribution is 5.82. The van der Waals surface area contributed by atoms with Gasteiger partial charge in [0.15, 0.2) is 0 Å². The van der Waals surface area contributed by atoms with Crippen molar-refractivity contribution in [2.24, 2.45) is 0 Å². The number of methoxy groups -OCH3 is 3. The van der Waals surface area contributed by atoms with Crippen LogP contribution in [0.2, 0.25) is 0 Å². The van der Waals surface area contributed by atoms with Crippen molar-refractivity contribution in [3.05, 3.63) is 42.5 Å². The number of benzene rings is 2. The number of nitrogens with one attached hydrogen (secondary N) is 1. The lowest BCUT2D eigenvalue weighted by Crippen LogP contribution is -2.50. The number of anilines is 2. The Balaban J connectivity index is 1.56. The predicted octanol–water partition coefficient (Wildman–Crippen LogP) is 2.47. The number of amides is 1. The number of para-hydroxylation sites is 2. The number of rotatable bonds is 7. The minimum Gasteiger partial charge on any atom is -0.497 e. The molecule has 0 atom stereocenters. The maximum absolute atomic E-state index is 12.6. The number of carbonyl (C=O) groups is 1. The van der Waals surface area contributed by atoms with Crippen molar-refractivity contribution in [2.75, 3.05) is 64.3 Å². The standard InChI is InChI=1S/C21H27N3O4/c1-26-16-8-9-19(27-2)17(14-16)22-15-21(25)24-12-10-23(11-13-24)18-6-4-5-7-20(18)28-3/h4-9,14,22H,10-13,15H2,1-3H3. The molecule has 1 aliphatic rings. The molecule has 0 spiro atoms. The van der Waals surface area contributed by atoms with Crippen LogP contribution in [0.15, 0.2) is 42.5 Å². The van der Waals surface area contributed by atoms with Crippen LogP contribution >= 0.6 is 0 Å². The Hall–Kier alpha value is -3.09. The molecule has 28 heavy (non-hydrogen) atoms. The van der Waals surface area contributed by atoms with Crippen LogP contribution in [0.4, 0.5) is 11.4 Å². The zero-order chi connectivity index (χ0) is 19.9. The minimum absolute atomic E-state index is 0.0598. The van der Waals surface area contributed by atoms with Crippen molar-refractivity contribution in [3.8, 4) is 17.2 Å². The second-order valence-corrected chi connectivity index (χ2v) is 6.46. The van der Waals surface area contributed by atoms with E-state index in [4.69, 9.17) is 14.2 Å². The van der Waals surface area contributed by atoms with Gasteiger partial charge in [-0.1, -0.05) is 12.1 Å². The highest BCUT2D eigenvalue weighted by Crippen LogP contribution is 2.29. The second-order valence-electron chi connectivity index (χ2n) is 6.46. The number of piperazine rings is 1. The summed E-state index contributed by atoms with van der Waals surface area (Å²) < 4.78 is 16.0. The fraction of sp³-hybridized carbons (Fsp3) is 0.381. The fourth-order valence-electron chi connectivity index (χ4n) is 3.32. The van der Waals surface area contributed by atoms with Crippen molar-refractivity contribution >= 4 is 17.3 Å². The zero-order valence-electron chi connectivity index (χ0n) is 16.6. The molecule has 1 aliphatic heterocycles. The first kappa shape index (κ1) is 19.7. The van der Waals surface area contributed by atoms with Gasteiger partial charge in [0.25, 0.3) is 0 Å². The van der Waals surface area contributed by atoms with Gasteiger partial charge in [-0.15, -0.1) is 0 Å². The lowest BCUT2D eigenvalue weighted by atomic mass is 10.2. The topological polar surface area (TPSA) is 63.3 Å². The third kappa shape index (κ3) is 4.42. The van der Waals surface area contributed by atoms with Crippen LogP contribution in [-0.4, -0.2) is 64.9 Å². The Labute approximate surface area is 165 Å². The molecule has 0 saturated carbocycles. The van der Waals surface area contributed by atoms with Gasteiger partial charge in [-0.25, -0.2) is 0 Å². The first-order valence-electron chi connectivity index (χ1n) is 9.28. The molecule has 1 saturated heterocycles. The van der Waals surface area contributed by atoms with Crippen molar-refractivity contribution in [2.45, 2.75) is 0 Å². The highest BCUT2D eigenvalue weighted by Gasteiger charge is 2.22. The predicted molar refractivity (Wildman–Crippen MR) is 110 cm³/mol. The second kappa shape index (κ2) is 9.21. The molecular weight excluding hydrogens is 358 g/mol. The molecule has 7 nitrogen and oxygen atoms in total. The molecule has 1 heterocycles. The quantitative estimate of drug-likeness (QED) is 0.790. The minimum atomic E-state index is 0.0598. The Morgan fingerprint density at radius 3 is 2.32 bits per heavy atom. The van der Waals surface area contributed by atoms with Gasteiger partial charge in [0, 0.05) is 32.2 Å². The van der Waals surface area contributed by atoms with Gasteiger partial charge >= 0.3 is 0 Å². The molecule has 150 valence electrons. The van der Waals surface area contributed by atoms with Gasteiger partial charge in [0.1, 0.15) is 17.2 Å². The van der Waals surface area contributed by atoms with Crippen LogP contribution in [0.3, 0.4) is 0 Å². The number of hydrogen-bond donors (Lipinski definition) is 1. The molecule has 0 unspecified atom stereocenters. The highest BCUT2D eigenvalue weighted by atomic mass is 16.5. The van der Waals surface area contributed by atoms with E-state index in [1.165, 1.54) is 0 Å². The lowest BCUT2D eigenvalue weighted by molar-refractivity contribution is -0.129. The third-order valence-corrected chi connectivity index (χ3v) is 4.89. The average molecular weight is 385 g/mol. The molecule has 1 amide bonds. The van der Waals surface area contributed by atoms with E-state index < -0.39 is 0 Å². The first-order chi connectivity index (χ1) is 13.7. The van der Waals surface area contributed by atoms with Crippen LogP contribution in [0.25, 0.3) is 0 Å². The molecule has 0 aromatic heterocycles. The van der Waals surface area contributed by atoms with Gasteiger partial charge in [0.05, 0.1) is 39.2 Å². The van der Waals surface area contributed by atoms with Gasteiger partial charge in [-0.2, -0.15) is 0 Å². The van der Waals surface area contributed by atoms with E-state index in [0.29, 0.717) is 24.6 Å².